The number of alkyl halides is 1. The Kier molecular flexibility index (Phi) is 6.53. The van der Waals surface area contributed by atoms with Gasteiger partial charge in [-0.1, -0.05) is 42.1 Å². The van der Waals surface area contributed by atoms with E-state index in [2.05, 4.69) is 22.9 Å². The van der Waals surface area contributed by atoms with Crippen LogP contribution in [0.3, 0.4) is 0 Å². The van der Waals surface area contributed by atoms with Crippen LogP contribution in [0.2, 0.25) is 0 Å². The van der Waals surface area contributed by atoms with Gasteiger partial charge in [-0.3, -0.25) is 4.79 Å². The van der Waals surface area contributed by atoms with E-state index in [1.807, 2.05) is 11.9 Å². The molecular weight excluding hydrogens is 278 g/mol. The van der Waals surface area contributed by atoms with Gasteiger partial charge in [0.2, 0.25) is 5.91 Å². The van der Waals surface area contributed by atoms with Crippen molar-refractivity contribution in [2.45, 2.75) is 58.3 Å². The van der Waals surface area contributed by atoms with Gasteiger partial charge >= 0.3 is 0 Å². The molecule has 1 aliphatic carbocycles. The number of amides is 1. The molecule has 100 valence electrons. The summed E-state index contributed by atoms with van der Waals surface area (Å²) in [7, 11) is 1.98. The number of halogens is 1. The Bertz CT molecular complexity index is 236. The lowest BCUT2D eigenvalue weighted by Gasteiger charge is -2.31. The number of rotatable bonds is 7. The highest BCUT2D eigenvalue weighted by molar-refractivity contribution is 9.09. The zero-order valence-electron chi connectivity index (χ0n) is 11.3. The average molecular weight is 304 g/mol. The van der Waals surface area contributed by atoms with Crippen LogP contribution in [0.25, 0.3) is 0 Å². The van der Waals surface area contributed by atoms with Crippen molar-refractivity contribution in [3.05, 3.63) is 0 Å². The Morgan fingerprint density at radius 1 is 1.24 bits per heavy atom. The van der Waals surface area contributed by atoms with Gasteiger partial charge in [-0.05, 0) is 32.1 Å². The summed E-state index contributed by atoms with van der Waals surface area (Å²) >= 11 is 3.44. The smallest absolute Gasteiger partial charge is 0.228 e. The van der Waals surface area contributed by atoms with E-state index in [-0.39, 0.29) is 5.41 Å². The first-order valence-electron chi connectivity index (χ1n) is 6.98. The molecule has 0 atom stereocenters. The molecule has 3 heteroatoms. The fourth-order valence-corrected chi connectivity index (χ4v) is 3.29. The van der Waals surface area contributed by atoms with Gasteiger partial charge in [0.05, 0.1) is 0 Å². The van der Waals surface area contributed by atoms with Gasteiger partial charge in [0.25, 0.3) is 0 Å². The zero-order chi connectivity index (χ0) is 12.7. The second kappa shape index (κ2) is 7.40. The van der Waals surface area contributed by atoms with E-state index in [1.165, 1.54) is 25.7 Å². The monoisotopic (exact) mass is 303 g/mol. The highest BCUT2D eigenvalue weighted by Crippen LogP contribution is 2.42. The summed E-state index contributed by atoms with van der Waals surface area (Å²) in [6.07, 6.45) is 9.24. The van der Waals surface area contributed by atoms with Crippen molar-refractivity contribution in [3.8, 4) is 0 Å². The van der Waals surface area contributed by atoms with Crippen molar-refractivity contribution in [2.75, 3.05) is 18.9 Å². The second-order valence-electron chi connectivity index (χ2n) is 5.32. The lowest BCUT2D eigenvalue weighted by Crippen LogP contribution is -2.40. The molecule has 0 spiro atoms. The Balaban J connectivity index is 2.39. The zero-order valence-corrected chi connectivity index (χ0v) is 12.9. The van der Waals surface area contributed by atoms with Gasteiger partial charge in [0.1, 0.15) is 0 Å². The number of hydrogen-bond acceptors (Lipinski definition) is 1. The van der Waals surface area contributed by atoms with Crippen LogP contribution in [0, 0.1) is 5.41 Å². The van der Waals surface area contributed by atoms with E-state index in [4.69, 9.17) is 0 Å². The minimum atomic E-state index is -0.00975. The molecular formula is C14H26BrNO. The molecule has 17 heavy (non-hydrogen) atoms. The van der Waals surface area contributed by atoms with E-state index in [0.29, 0.717) is 5.91 Å². The van der Waals surface area contributed by atoms with E-state index in [9.17, 15) is 4.79 Å². The summed E-state index contributed by atoms with van der Waals surface area (Å²) in [6, 6.07) is 0. The molecule has 0 unspecified atom stereocenters. The van der Waals surface area contributed by atoms with Crippen LogP contribution in [0.4, 0.5) is 0 Å². The molecule has 0 N–H and O–H groups in total. The van der Waals surface area contributed by atoms with Gasteiger partial charge in [0, 0.05) is 24.3 Å². The summed E-state index contributed by atoms with van der Waals surface area (Å²) in [5.41, 5.74) is -0.00975. The quantitative estimate of drug-likeness (QED) is 0.514. The molecule has 0 aromatic rings. The maximum absolute atomic E-state index is 12.5. The van der Waals surface area contributed by atoms with Crippen molar-refractivity contribution in [1.29, 1.82) is 0 Å². The van der Waals surface area contributed by atoms with Crippen LogP contribution >= 0.6 is 15.9 Å². The molecule has 0 aromatic carbocycles. The molecule has 0 heterocycles. The average Bonchev–Trinajstić information content (AvgIpc) is 2.83. The minimum absolute atomic E-state index is 0.00975. The molecule has 0 aromatic heterocycles. The SMILES string of the molecule is CCC1(C(=O)N(C)CCCCCBr)CCCC1. The number of nitrogens with zero attached hydrogens (tertiary/aromatic N) is 1. The third-order valence-electron chi connectivity index (χ3n) is 4.16. The maximum Gasteiger partial charge on any atom is 0.228 e. The fraction of sp³-hybridized carbons (Fsp3) is 0.929. The molecule has 1 saturated carbocycles. The topological polar surface area (TPSA) is 20.3 Å². The van der Waals surface area contributed by atoms with Crippen LogP contribution in [-0.4, -0.2) is 29.7 Å². The molecule has 0 radical (unpaired) electrons. The molecule has 0 bridgehead atoms. The summed E-state index contributed by atoms with van der Waals surface area (Å²) < 4.78 is 0. The van der Waals surface area contributed by atoms with Crippen LogP contribution in [0.5, 0.6) is 0 Å². The first-order chi connectivity index (χ1) is 8.16. The van der Waals surface area contributed by atoms with Gasteiger partial charge in [-0.2, -0.15) is 0 Å². The first kappa shape index (κ1) is 15.0. The Morgan fingerprint density at radius 2 is 1.88 bits per heavy atom. The lowest BCUT2D eigenvalue weighted by atomic mass is 9.82. The van der Waals surface area contributed by atoms with E-state index in [0.717, 1.165) is 37.6 Å². The third-order valence-corrected chi connectivity index (χ3v) is 4.73. The van der Waals surface area contributed by atoms with Crippen LogP contribution < -0.4 is 0 Å². The van der Waals surface area contributed by atoms with Crippen molar-refractivity contribution < 1.29 is 4.79 Å². The van der Waals surface area contributed by atoms with Crippen LogP contribution in [-0.2, 0) is 4.79 Å². The van der Waals surface area contributed by atoms with E-state index < -0.39 is 0 Å². The number of carbonyl (C=O) groups excluding carboxylic acids is 1. The Labute approximate surface area is 114 Å². The normalized spacial score (nSPS) is 18.3. The van der Waals surface area contributed by atoms with Crippen molar-refractivity contribution >= 4 is 21.8 Å². The highest BCUT2D eigenvalue weighted by atomic mass is 79.9. The molecule has 2 nitrogen and oxygen atoms in total. The summed E-state index contributed by atoms with van der Waals surface area (Å²) in [5.74, 6) is 0.399. The van der Waals surface area contributed by atoms with Crippen LogP contribution in [0.15, 0.2) is 0 Å². The lowest BCUT2D eigenvalue weighted by molar-refractivity contribution is -0.140. The molecule has 1 amide bonds. The maximum atomic E-state index is 12.5. The van der Waals surface area contributed by atoms with Gasteiger partial charge in [0.15, 0.2) is 0 Å². The van der Waals surface area contributed by atoms with E-state index >= 15 is 0 Å². The first-order valence-corrected chi connectivity index (χ1v) is 8.10. The van der Waals surface area contributed by atoms with Crippen LogP contribution in [0.1, 0.15) is 58.3 Å². The molecule has 1 rings (SSSR count). The number of carbonyl (C=O) groups is 1. The van der Waals surface area contributed by atoms with Crippen molar-refractivity contribution in [1.82, 2.24) is 4.90 Å². The van der Waals surface area contributed by atoms with Gasteiger partial charge < -0.3 is 4.90 Å². The largest absolute Gasteiger partial charge is 0.345 e. The predicted molar refractivity (Wildman–Crippen MR) is 76.5 cm³/mol. The van der Waals surface area contributed by atoms with Gasteiger partial charge in [-0.25, -0.2) is 0 Å². The van der Waals surface area contributed by atoms with Crippen molar-refractivity contribution in [3.63, 3.8) is 0 Å². The number of unbranched alkanes of at least 4 members (excludes halogenated alkanes) is 2. The van der Waals surface area contributed by atoms with Crippen molar-refractivity contribution in [2.24, 2.45) is 5.41 Å². The standard InChI is InChI=1S/C14H26BrNO/c1-3-14(9-5-6-10-14)13(17)16(2)12-8-4-7-11-15/h3-12H2,1-2H3. The molecule has 0 aliphatic heterocycles. The predicted octanol–water partition coefficient (Wildman–Crippen LogP) is 3.98. The van der Waals surface area contributed by atoms with Gasteiger partial charge in [-0.15, -0.1) is 0 Å². The molecule has 1 fully saturated rings. The second-order valence-corrected chi connectivity index (χ2v) is 6.11. The Morgan fingerprint density at radius 3 is 2.41 bits per heavy atom. The fourth-order valence-electron chi connectivity index (χ4n) is 2.90. The third kappa shape index (κ3) is 3.97. The molecule has 0 saturated heterocycles. The highest BCUT2D eigenvalue weighted by Gasteiger charge is 2.40. The minimum Gasteiger partial charge on any atom is -0.345 e. The number of hydrogen-bond donors (Lipinski definition) is 0. The van der Waals surface area contributed by atoms with E-state index in [1.54, 1.807) is 0 Å². The summed E-state index contributed by atoms with van der Waals surface area (Å²) in [6.45, 7) is 3.09. The Hall–Kier alpha value is -0.0500. The molecule has 1 aliphatic rings. The summed E-state index contributed by atoms with van der Waals surface area (Å²) in [4.78, 5) is 14.5. The summed E-state index contributed by atoms with van der Waals surface area (Å²) in [5, 5.41) is 1.07.